The number of aliphatic carboxylic acids is 1. The van der Waals surface area contributed by atoms with Crippen molar-refractivity contribution in [1.29, 1.82) is 0 Å². The molecule has 0 radical (unpaired) electrons. The van der Waals surface area contributed by atoms with Gasteiger partial charge in [0.2, 0.25) is 0 Å². The fourth-order valence-electron chi connectivity index (χ4n) is 3.79. The molecule has 4 rings (SSSR count). The predicted octanol–water partition coefficient (Wildman–Crippen LogP) is 4.72. The second-order valence-electron chi connectivity index (χ2n) is 7.71. The number of para-hydroxylation sites is 1. The smallest absolute Gasteiger partial charge is 0.341 e. The third-order valence-electron chi connectivity index (χ3n) is 5.32. The molecule has 1 heterocycles. The van der Waals surface area contributed by atoms with Crippen LogP contribution in [0.2, 0.25) is 0 Å². The molecule has 0 saturated heterocycles. The second-order valence-corrected chi connectivity index (χ2v) is 7.71. The topological polar surface area (TPSA) is 88.4 Å². The van der Waals surface area contributed by atoms with E-state index in [0.29, 0.717) is 46.0 Å². The van der Waals surface area contributed by atoms with Crippen LogP contribution in [0.25, 0.3) is 6.08 Å². The molecule has 3 aromatic rings. The van der Waals surface area contributed by atoms with Gasteiger partial charge in [-0.2, -0.15) is 10.1 Å². The first kappa shape index (κ1) is 23.5. The number of hydrogen-bond donors (Lipinski definition) is 1. The van der Waals surface area contributed by atoms with E-state index in [1.54, 1.807) is 18.2 Å². The van der Waals surface area contributed by atoms with Gasteiger partial charge in [0.05, 0.1) is 18.4 Å². The first-order valence-electron chi connectivity index (χ1n) is 10.9. The van der Waals surface area contributed by atoms with Gasteiger partial charge in [-0.05, 0) is 42.3 Å². The number of methoxy groups -OCH3 is 1. The molecule has 0 saturated carbocycles. The lowest BCUT2D eigenvalue weighted by Crippen LogP contribution is -2.21. The van der Waals surface area contributed by atoms with E-state index in [-0.39, 0.29) is 5.91 Å². The van der Waals surface area contributed by atoms with E-state index in [1.807, 2.05) is 66.7 Å². The van der Waals surface area contributed by atoms with E-state index in [9.17, 15) is 9.59 Å². The third kappa shape index (κ3) is 5.14. The average Bonchev–Trinajstić information content (AvgIpc) is 3.20. The first-order valence-corrected chi connectivity index (χ1v) is 10.9. The molecule has 0 aliphatic carbocycles. The van der Waals surface area contributed by atoms with Crippen molar-refractivity contribution in [3.8, 4) is 11.5 Å². The molecule has 0 unspecified atom stereocenters. The molecule has 0 aromatic heterocycles. The zero-order chi connectivity index (χ0) is 24.8. The summed E-state index contributed by atoms with van der Waals surface area (Å²) in [5, 5.41) is 15.1. The van der Waals surface area contributed by atoms with Crippen molar-refractivity contribution in [2.24, 2.45) is 5.10 Å². The molecule has 1 amide bonds. The van der Waals surface area contributed by atoms with Crippen LogP contribution in [0.3, 0.4) is 0 Å². The van der Waals surface area contributed by atoms with Crippen molar-refractivity contribution in [2.45, 2.75) is 6.42 Å². The van der Waals surface area contributed by atoms with E-state index < -0.39 is 12.6 Å². The summed E-state index contributed by atoms with van der Waals surface area (Å²) in [4.78, 5) is 24.6. The molecule has 1 aliphatic heterocycles. The zero-order valence-corrected chi connectivity index (χ0v) is 19.2. The van der Waals surface area contributed by atoms with E-state index in [4.69, 9.17) is 14.6 Å². The van der Waals surface area contributed by atoms with Crippen LogP contribution in [-0.2, 0) is 16.0 Å². The maximum Gasteiger partial charge on any atom is 0.341 e. The number of carboxylic acids is 1. The minimum absolute atomic E-state index is 0.259. The minimum Gasteiger partial charge on any atom is -0.493 e. The van der Waals surface area contributed by atoms with Gasteiger partial charge in [0.25, 0.3) is 5.91 Å². The van der Waals surface area contributed by atoms with Crippen molar-refractivity contribution >= 4 is 29.4 Å². The Morgan fingerprint density at radius 1 is 1.09 bits per heavy atom. The maximum absolute atomic E-state index is 13.5. The zero-order valence-electron chi connectivity index (χ0n) is 19.2. The Morgan fingerprint density at radius 3 is 2.40 bits per heavy atom. The number of nitrogens with zero attached hydrogens (tertiary/aromatic N) is 2. The molecule has 7 nitrogen and oxygen atoms in total. The largest absolute Gasteiger partial charge is 0.493 e. The summed E-state index contributed by atoms with van der Waals surface area (Å²) in [7, 11) is 1.48. The summed E-state index contributed by atoms with van der Waals surface area (Å²) in [5.41, 5.74) is 3.82. The molecule has 3 aromatic carbocycles. The van der Waals surface area contributed by atoms with Gasteiger partial charge in [-0.1, -0.05) is 54.6 Å². The standard InChI is InChI=1S/C28H24N2O5/c1-3-10-21-15-19(17-24(34-2)27(21)35-18-25(31)32)16-23-26(20-11-6-4-7-12-20)29-30(28(23)33)22-13-8-5-9-14-22/h3-9,11-17H,1,10,18H2,2H3,(H,31,32)/b23-16-. The Balaban J connectivity index is 1.82. The Morgan fingerprint density at radius 2 is 1.77 bits per heavy atom. The summed E-state index contributed by atoms with van der Waals surface area (Å²) >= 11 is 0. The summed E-state index contributed by atoms with van der Waals surface area (Å²) in [6, 6.07) is 22.3. The predicted molar refractivity (Wildman–Crippen MR) is 135 cm³/mol. The first-order chi connectivity index (χ1) is 17.0. The molecule has 35 heavy (non-hydrogen) atoms. The lowest BCUT2D eigenvalue weighted by Gasteiger charge is -2.15. The number of hydrazone groups is 1. The van der Waals surface area contributed by atoms with E-state index >= 15 is 0 Å². The number of hydrogen-bond acceptors (Lipinski definition) is 5. The van der Waals surface area contributed by atoms with Crippen LogP contribution in [0.5, 0.6) is 11.5 Å². The summed E-state index contributed by atoms with van der Waals surface area (Å²) in [6.07, 6.45) is 3.87. The number of benzene rings is 3. The Hall–Kier alpha value is -4.65. The fraction of sp³-hybridized carbons (Fsp3) is 0.107. The molecule has 0 bridgehead atoms. The molecule has 0 atom stereocenters. The van der Waals surface area contributed by atoms with Gasteiger partial charge in [-0.3, -0.25) is 4.79 Å². The quantitative estimate of drug-likeness (QED) is 0.363. The van der Waals surface area contributed by atoms with Crippen molar-refractivity contribution in [2.75, 3.05) is 18.7 Å². The highest BCUT2D eigenvalue weighted by Gasteiger charge is 2.32. The van der Waals surface area contributed by atoms with Gasteiger partial charge in [0.1, 0.15) is 5.71 Å². The van der Waals surface area contributed by atoms with Crippen molar-refractivity contribution in [3.05, 3.63) is 108 Å². The number of amides is 1. The third-order valence-corrected chi connectivity index (χ3v) is 5.32. The number of rotatable bonds is 9. The summed E-state index contributed by atoms with van der Waals surface area (Å²) < 4.78 is 11.0. The molecule has 1 aliphatic rings. The van der Waals surface area contributed by atoms with Crippen LogP contribution in [-0.4, -0.2) is 36.4 Å². The van der Waals surface area contributed by atoms with Crippen LogP contribution in [0.4, 0.5) is 5.69 Å². The molecular formula is C28H24N2O5. The average molecular weight is 469 g/mol. The molecule has 7 heteroatoms. The van der Waals surface area contributed by atoms with Gasteiger partial charge in [0.15, 0.2) is 18.1 Å². The number of carbonyl (C=O) groups excluding carboxylic acids is 1. The summed E-state index contributed by atoms with van der Waals surface area (Å²) in [6.45, 7) is 3.28. The Labute approximate surface area is 203 Å². The van der Waals surface area contributed by atoms with Crippen molar-refractivity contribution in [1.82, 2.24) is 0 Å². The molecule has 176 valence electrons. The van der Waals surface area contributed by atoms with Crippen LogP contribution >= 0.6 is 0 Å². The number of anilines is 1. The highest BCUT2D eigenvalue weighted by Crippen LogP contribution is 2.35. The SMILES string of the molecule is C=CCc1cc(/C=C2\C(=O)N(c3ccccc3)N=C2c2ccccc2)cc(OC)c1OCC(=O)O. The van der Waals surface area contributed by atoms with Crippen LogP contribution in [0, 0.1) is 0 Å². The van der Waals surface area contributed by atoms with Gasteiger partial charge in [-0.25, -0.2) is 4.79 Å². The Bertz CT molecular complexity index is 1310. The van der Waals surface area contributed by atoms with Gasteiger partial charge >= 0.3 is 5.97 Å². The Kier molecular flexibility index (Phi) is 7.07. The minimum atomic E-state index is -1.09. The highest BCUT2D eigenvalue weighted by molar-refractivity contribution is 6.37. The highest BCUT2D eigenvalue weighted by atomic mass is 16.5. The van der Waals surface area contributed by atoms with Crippen LogP contribution < -0.4 is 14.5 Å². The molecular weight excluding hydrogens is 444 g/mol. The lowest BCUT2D eigenvalue weighted by atomic mass is 9.98. The van der Waals surface area contributed by atoms with Gasteiger partial charge in [-0.15, -0.1) is 6.58 Å². The van der Waals surface area contributed by atoms with Crippen LogP contribution in [0.15, 0.2) is 96.1 Å². The van der Waals surface area contributed by atoms with Crippen LogP contribution in [0.1, 0.15) is 16.7 Å². The summed E-state index contributed by atoms with van der Waals surface area (Å²) in [5.74, 6) is -0.659. The van der Waals surface area contributed by atoms with E-state index in [2.05, 4.69) is 11.7 Å². The maximum atomic E-state index is 13.5. The van der Waals surface area contributed by atoms with Gasteiger partial charge < -0.3 is 14.6 Å². The molecule has 0 fully saturated rings. The van der Waals surface area contributed by atoms with Gasteiger partial charge in [0, 0.05) is 11.1 Å². The molecule has 1 N–H and O–H groups in total. The second kappa shape index (κ2) is 10.5. The number of carbonyl (C=O) groups is 2. The fourth-order valence-corrected chi connectivity index (χ4v) is 3.79. The van der Waals surface area contributed by atoms with Crippen molar-refractivity contribution in [3.63, 3.8) is 0 Å². The number of ether oxygens (including phenoxy) is 2. The monoisotopic (exact) mass is 468 g/mol. The number of allylic oxidation sites excluding steroid dienone is 1. The van der Waals surface area contributed by atoms with E-state index in [0.717, 1.165) is 5.56 Å². The number of carboxylic acid groups (broad SMARTS) is 1. The lowest BCUT2D eigenvalue weighted by molar-refractivity contribution is -0.139. The van der Waals surface area contributed by atoms with Crippen molar-refractivity contribution < 1.29 is 24.2 Å². The van der Waals surface area contributed by atoms with E-state index in [1.165, 1.54) is 12.1 Å². The molecule has 0 spiro atoms. The normalized spacial score (nSPS) is 14.1.